The summed E-state index contributed by atoms with van der Waals surface area (Å²) >= 11 is 0. The SMILES string of the molecule is CC.CC.Cn1c2ccccc2c2c1c1ccccc1n2C. The van der Waals surface area contributed by atoms with Crippen molar-refractivity contribution < 1.29 is 0 Å². The molecule has 0 aliphatic rings. The summed E-state index contributed by atoms with van der Waals surface area (Å²) in [5.41, 5.74) is 5.25. The van der Waals surface area contributed by atoms with Crippen molar-refractivity contribution in [3.8, 4) is 0 Å². The lowest BCUT2D eigenvalue weighted by molar-refractivity contribution is 1.01. The van der Waals surface area contributed by atoms with Crippen molar-refractivity contribution in [1.82, 2.24) is 9.13 Å². The second kappa shape index (κ2) is 6.69. The Kier molecular flexibility index (Phi) is 4.92. The monoisotopic (exact) mass is 294 g/mol. The Balaban J connectivity index is 0.000000410. The quantitative estimate of drug-likeness (QED) is 0.383. The second-order valence-electron chi connectivity index (χ2n) is 4.85. The van der Waals surface area contributed by atoms with Crippen LogP contribution in [-0.2, 0) is 14.1 Å². The lowest BCUT2D eigenvalue weighted by Crippen LogP contribution is -1.86. The molecule has 0 spiro atoms. The van der Waals surface area contributed by atoms with E-state index >= 15 is 0 Å². The number of hydrogen-bond acceptors (Lipinski definition) is 0. The fourth-order valence-electron chi connectivity index (χ4n) is 3.11. The van der Waals surface area contributed by atoms with Gasteiger partial charge < -0.3 is 9.13 Å². The second-order valence-corrected chi connectivity index (χ2v) is 4.85. The van der Waals surface area contributed by atoms with Crippen molar-refractivity contribution in [3.05, 3.63) is 48.5 Å². The van der Waals surface area contributed by atoms with Crippen LogP contribution in [0.1, 0.15) is 27.7 Å². The van der Waals surface area contributed by atoms with E-state index in [1.807, 2.05) is 27.7 Å². The highest BCUT2D eigenvalue weighted by atomic mass is 15.0. The van der Waals surface area contributed by atoms with Crippen molar-refractivity contribution in [2.75, 3.05) is 0 Å². The fourth-order valence-corrected chi connectivity index (χ4v) is 3.11. The number of aromatic nitrogens is 2. The molecule has 0 unspecified atom stereocenters. The van der Waals surface area contributed by atoms with E-state index in [-0.39, 0.29) is 0 Å². The van der Waals surface area contributed by atoms with E-state index in [0.29, 0.717) is 0 Å². The third-order valence-electron chi connectivity index (χ3n) is 3.94. The zero-order valence-electron chi connectivity index (χ0n) is 14.5. The molecule has 2 nitrogen and oxygen atoms in total. The van der Waals surface area contributed by atoms with Gasteiger partial charge in [-0.25, -0.2) is 0 Å². The van der Waals surface area contributed by atoms with Crippen LogP contribution in [0.3, 0.4) is 0 Å². The van der Waals surface area contributed by atoms with Gasteiger partial charge in [0.1, 0.15) is 0 Å². The summed E-state index contributed by atoms with van der Waals surface area (Å²) in [7, 11) is 4.30. The maximum absolute atomic E-state index is 2.30. The van der Waals surface area contributed by atoms with Crippen LogP contribution >= 0.6 is 0 Å². The van der Waals surface area contributed by atoms with Crippen LogP contribution < -0.4 is 0 Å². The molecule has 0 atom stereocenters. The van der Waals surface area contributed by atoms with E-state index in [4.69, 9.17) is 0 Å². The Morgan fingerprint density at radius 1 is 0.545 bits per heavy atom. The first kappa shape index (κ1) is 16.2. The molecule has 4 aromatic rings. The van der Waals surface area contributed by atoms with Gasteiger partial charge in [0, 0.05) is 24.9 Å². The fraction of sp³-hybridized carbons (Fsp3) is 0.300. The van der Waals surface area contributed by atoms with Gasteiger partial charge in [0.15, 0.2) is 0 Å². The minimum Gasteiger partial charge on any atom is -0.342 e. The first-order valence-corrected chi connectivity index (χ1v) is 8.19. The number of para-hydroxylation sites is 2. The van der Waals surface area contributed by atoms with E-state index in [1.54, 1.807) is 0 Å². The third kappa shape index (κ3) is 2.19. The van der Waals surface area contributed by atoms with Gasteiger partial charge in [-0.15, -0.1) is 0 Å². The van der Waals surface area contributed by atoms with Crippen molar-refractivity contribution in [2.45, 2.75) is 27.7 Å². The lowest BCUT2D eigenvalue weighted by atomic mass is 10.2. The first-order chi connectivity index (χ1) is 10.8. The molecule has 2 heterocycles. The van der Waals surface area contributed by atoms with E-state index in [9.17, 15) is 0 Å². The van der Waals surface area contributed by atoms with Crippen molar-refractivity contribution >= 4 is 32.8 Å². The molecule has 2 heteroatoms. The van der Waals surface area contributed by atoms with Gasteiger partial charge in [0.25, 0.3) is 0 Å². The van der Waals surface area contributed by atoms with Crippen LogP contribution in [-0.4, -0.2) is 9.13 Å². The summed E-state index contributed by atoms with van der Waals surface area (Å²) in [6, 6.07) is 17.2. The molecule has 0 aliphatic carbocycles. The van der Waals surface area contributed by atoms with Crippen molar-refractivity contribution in [1.29, 1.82) is 0 Å². The zero-order chi connectivity index (χ0) is 16.3. The summed E-state index contributed by atoms with van der Waals surface area (Å²) < 4.78 is 4.60. The van der Waals surface area contributed by atoms with Gasteiger partial charge in [-0.2, -0.15) is 0 Å². The molecule has 0 saturated heterocycles. The standard InChI is InChI=1S/C16H14N2.2C2H6/c1-17-13-9-5-3-7-11(13)16-15(17)12-8-4-6-10-14(12)18(16)2;2*1-2/h3-10H,1-2H3;2*1-2H3. The molecule has 0 amide bonds. The van der Waals surface area contributed by atoms with Gasteiger partial charge in [-0.1, -0.05) is 64.1 Å². The average Bonchev–Trinajstić information content (AvgIpc) is 3.07. The third-order valence-corrected chi connectivity index (χ3v) is 3.94. The minimum atomic E-state index is 1.30. The lowest BCUT2D eigenvalue weighted by Gasteiger charge is -2.00. The molecular weight excluding hydrogens is 268 g/mol. The van der Waals surface area contributed by atoms with Crippen LogP contribution in [0.15, 0.2) is 48.5 Å². The molecule has 0 radical (unpaired) electrons. The zero-order valence-corrected chi connectivity index (χ0v) is 14.5. The van der Waals surface area contributed by atoms with Gasteiger partial charge in [0.05, 0.1) is 22.1 Å². The predicted molar refractivity (Wildman–Crippen MR) is 99.6 cm³/mol. The summed E-state index contributed by atoms with van der Waals surface area (Å²) in [4.78, 5) is 0. The normalized spacial score (nSPS) is 10.3. The summed E-state index contributed by atoms with van der Waals surface area (Å²) in [6.45, 7) is 8.00. The number of rotatable bonds is 0. The maximum Gasteiger partial charge on any atom is 0.0751 e. The van der Waals surface area contributed by atoms with E-state index in [2.05, 4.69) is 71.8 Å². The number of nitrogens with zero attached hydrogens (tertiary/aromatic N) is 2. The van der Waals surface area contributed by atoms with Crippen LogP contribution in [0, 0.1) is 0 Å². The number of fused-ring (bicyclic) bond motifs is 5. The highest BCUT2D eigenvalue weighted by Crippen LogP contribution is 2.35. The molecule has 2 aromatic heterocycles. The highest BCUT2D eigenvalue weighted by molar-refractivity contribution is 6.17. The van der Waals surface area contributed by atoms with Gasteiger partial charge in [0.2, 0.25) is 0 Å². The van der Waals surface area contributed by atoms with Crippen molar-refractivity contribution in [3.63, 3.8) is 0 Å². The number of benzene rings is 2. The topological polar surface area (TPSA) is 9.86 Å². The van der Waals surface area contributed by atoms with Gasteiger partial charge in [-0.05, 0) is 12.1 Å². The summed E-state index contributed by atoms with van der Waals surface area (Å²) in [5, 5.41) is 2.66. The minimum absolute atomic E-state index is 1.30. The molecule has 0 fully saturated rings. The molecule has 0 saturated carbocycles. The summed E-state index contributed by atoms with van der Waals surface area (Å²) in [6.07, 6.45) is 0. The van der Waals surface area contributed by atoms with Gasteiger partial charge in [-0.3, -0.25) is 0 Å². The van der Waals surface area contributed by atoms with Gasteiger partial charge >= 0.3 is 0 Å². The predicted octanol–water partition coefficient (Wildman–Crippen LogP) is 5.88. The smallest absolute Gasteiger partial charge is 0.0751 e. The van der Waals surface area contributed by atoms with Crippen LogP contribution in [0.2, 0.25) is 0 Å². The summed E-state index contributed by atoms with van der Waals surface area (Å²) in [5.74, 6) is 0. The van der Waals surface area contributed by atoms with E-state index < -0.39 is 0 Å². The highest BCUT2D eigenvalue weighted by Gasteiger charge is 2.15. The largest absolute Gasteiger partial charge is 0.342 e. The Labute approximate surface area is 133 Å². The maximum atomic E-state index is 2.30. The Bertz CT molecular complexity index is 818. The molecule has 4 rings (SSSR count). The molecule has 0 bridgehead atoms. The molecule has 22 heavy (non-hydrogen) atoms. The van der Waals surface area contributed by atoms with Crippen LogP contribution in [0.4, 0.5) is 0 Å². The molecule has 0 aliphatic heterocycles. The van der Waals surface area contributed by atoms with E-state index in [1.165, 1.54) is 32.8 Å². The van der Waals surface area contributed by atoms with Crippen LogP contribution in [0.5, 0.6) is 0 Å². The molecule has 0 N–H and O–H groups in total. The first-order valence-electron chi connectivity index (χ1n) is 8.19. The molecular formula is C20H26N2. The van der Waals surface area contributed by atoms with Crippen molar-refractivity contribution in [2.24, 2.45) is 14.1 Å². The number of hydrogen-bond donors (Lipinski definition) is 0. The van der Waals surface area contributed by atoms with Crippen LogP contribution in [0.25, 0.3) is 32.8 Å². The Morgan fingerprint density at radius 2 is 0.864 bits per heavy atom. The van der Waals surface area contributed by atoms with E-state index in [0.717, 1.165) is 0 Å². The molecule has 116 valence electrons. The molecule has 2 aromatic carbocycles. The Morgan fingerprint density at radius 3 is 1.23 bits per heavy atom. The average molecular weight is 294 g/mol. The Hall–Kier alpha value is -2.22. The number of aryl methyl sites for hydroxylation is 2.